The fourth-order valence-electron chi connectivity index (χ4n) is 4.60. The lowest BCUT2D eigenvalue weighted by Gasteiger charge is -2.36. The molecule has 1 fully saturated rings. The standard InChI is InChI=1S/C28H25NO3S/c1-3-28(23-12-5-4-6-13-23)20-32-27(26-15-9-11-22-10-7-8-14-25(22)26)29(28)33(30,31)24-18-16-21(2)17-19-24/h3-19,27H,1,20H2,2H3/t27-,28+/m1/s1. The Morgan fingerprint density at radius 1 is 0.909 bits per heavy atom. The van der Waals surface area contributed by atoms with Crippen molar-refractivity contribution in [2.24, 2.45) is 0 Å². The molecule has 0 bridgehead atoms. The molecule has 166 valence electrons. The van der Waals surface area contributed by atoms with Crippen molar-refractivity contribution >= 4 is 20.8 Å². The molecule has 5 heteroatoms. The van der Waals surface area contributed by atoms with Gasteiger partial charge in [-0.25, -0.2) is 8.42 Å². The van der Waals surface area contributed by atoms with E-state index in [4.69, 9.17) is 4.74 Å². The van der Waals surface area contributed by atoms with Crippen LogP contribution in [0.5, 0.6) is 0 Å². The largest absolute Gasteiger partial charge is 0.355 e. The quantitative estimate of drug-likeness (QED) is 0.349. The van der Waals surface area contributed by atoms with E-state index in [1.165, 1.54) is 4.31 Å². The smallest absolute Gasteiger partial charge is 0.246 e. The maximum absolute atomic E-state index is 14.2. The first-order chi connectivity index (χ1) is 16.0. The van der Waals surface area contributed by atoms with Crippen LogP contribution < -0.4 is 0 Å². The molecule has 1 saturated heterocycles. The number of hydrogen-bond acceptors (Lipinski definition) is 3. The van der Waals surface area contributed by atoms with E-state index in [-0.39, 0.29) is 11.5 Å². The van der Waals surface area contributed by atoms with Crippen LogP contribution in [0.1, 0.15) is 22.9 Å². The molecule has 0 aromatic heterocycles. The monoisotopic (exact) mass is 455 g/mol. The third kappa shape index (κ3) is 3.49. The van der Waals surface area contributed by atoms with Crippen molar-refractivity contribution in [1.29, 1.82) is 0 Å². The minimum Gasteiger partial charge on any atom is -0.355 e. The molecule has 0 saturated carbocycles. The second-order valence-electron chi connectivity index (χ2n) is 8.34. The highest BCUT2D eigenvalue weighted by atomic mass is 32.2. The van der Waals surface area contributed by atoms with Crippen molar-refractivity contribution in [1.82, 2.24) is 4.31 Å². The van der Waals surface area contributed by atoms with E-state index in [9.17, 15) is 8.42 Å². The lowest BCUT2D eigenvalue weighted by Crippen LogP contribution is -2.46. The van der Waals surface area contributed by atoms with Crippen molar-refractivity contribution in [3.8, 4) is 0 Å². The van der Waals surface area contributed by atoms with Gasteiger partial charge in [-0.15, -0.1) is 10.9 Å². The molecule has 0 aliphatic carbocycles. The predicted molar refractivity (Wildman–Crippen MR) is 131 cm³/mol. The highest BCUT2D eigenvalue weighted by Gasteiger charge is 2.54. The molecule has 4 aromatic rings. The summed E-state index contributed by atoms with van der Waals surface area (Å²) in [7, 11) is -3.95. The van der Waals surface area contributed by atoms with Crippen molar-refractivity contribution in [3.63, 3.8) is 0 Å². The number of benzene rings is 4. The van der Waals surface area contributed by atoms with Crippen LogP contribution in [0.3, 0.4) is 0 Å². The van der Waals surface area contributed by atoms with E-state index in [2.05, 4.69) is 6.58 Å². The van der Waals surface area contributed by atoms with Gasteiger partial charge in [-0.2, -0.15) is 0 Å². The van der Waals surface area contributed by atoms with Gasteiger partial charge < -0.3 is 4.74 Å². The topological polar surface area (TPSA) is 46.6 Å². The summed E-state index contributed by atoms with van der Waals surface area (Å²) in [6, 6.07) is 30.4. The molecule has 5 rings (SSSR count). The Balaban J connectivity index is 1.76. The lowest BCUT2D eigenvalue weighted by atomic mass is 9.91. The third-order valence-corrected chi connectivity index (χ3v) is 8.25. The highest BCUT2D eigenvalue weighted by molar-refractivity contribution is 7.89. The number of fused-ring (bicyclic) bond motifs is 1. The first-order valence-electron chi connectivity index (χ1n) is 10.9. The second kappa shape index (κ2) is 8.27. The van der Waals surface area contributed by atoms with E-state index in [1.807, 2.05) is 91.9 Å². The summed E-state index contributed by atoms with van der Waals surface area (Å²) >= 11 is 0. The molecule has 0 spiro atoms. The molecule has 4 nitrogen and oxygen atoms in total. The number of aryl methyl sites for hydroxylation is 1. The Hall–Kier alpha value is -3.25. The van der Waals surface area contributed by atoms with E-state index < -0.39 is 21.8 Å². The molecule has 2 atom stereocenters. The van der Waals surface area contributed by atoms with E-state index in [0.717, 1.165) is 27.5 Å². The summed E-state index contributed by atoms with van der Waals surface area (Å²) in [5, 5.41) is 1.99. The minimum atomic E-state index is -3.95. The SMILES string of the molecule is C=C[C@@]1(c2ccccc2)CO[C@H](c2cccc3ccccc23)N1S(=O)(=O)c1ccc(C)cc1. The van der Waals surface area contributed by atoms with Gasteiger partial charge in [0, 0.05) is 5.56 Å². The fraction of sp³-hybridized carbons (Fsp3) is 0.143. The maximum Gasteiger partial charge on any atom is 0.246 e. The molecular weight excluding hydrogens is 430 g/mol. The van der Waals surface area contributed by atoms with Gasteiger partial charge in [0.2, 0.25) is 10.0 Å². The normalized spacial score (nSPS) is 21.3. The second-order valence-corrected chi connectivity index (χ2v) is 10.2. The van der Waals surface area contributed by atoms with Gasteiger partial charge in [0.1, 0.15) is 5.54 Å². The molecule has 33 heavy (non-hydrogen) atoms. The van der Waals surface area contributed by atoms with Crippen molar-refractivity contribution in [3.05, 3.63) is 126 Å². The van der Waals surface area contributed by atoms with Crippen LogP contribution in [0.4, 0.5) is 0 Å². The Kier molecular flexibility index (Phi) is 5.41. The van der Waals surface area contributed by atoms with Crippen LogP contribution in [0.25, 0.3) is 10.8 Å². The first kappa shape index (κ1) is 21.6. The van der Waals surface area contributed by atoms with E-state index >= 15 is 0 Å². The zero-order valence-electron chi connectivity index (χ0n) is 18.4. The summed E-state index contributed by atoms with van der Waals surface area (Å²) in [6.07, 6.45) is 0.889. The molecule has 0 N–H and O–H groups in total. The maximum atomic E-state index is 14.2. The van der Waals surface area contributed by atoms with Crippen molar-refractivity contribution in [2.75, 3.05) is 6.61 Å². The Morgan fingerprint density at radius 3 is 2.30 bits per heavy atom. The number of nitrogens with zero attached hydrogens (tertiary/aromatic N) is 1. The highest BCUT2D eigenvalue weighted by Crippen LogP contribution is 2.48. The number of hydrogen-bond donors (Lipinski definition) is 0. The van der Waals surface area contributed by atoms with Gasteiger partial charge in [0.25, 0.3) is 0 Å². The minimum absolute atomic E-state index is 0.166. The number of rotatable bonds is 5. The van der Waals surface area contributed by atoms with Gasteiger partial charge >= 0.3 is 0 Å². The molecule has 0 radical (unpaired) electrons. The van der Waals surface area contributed by atoms with E-state index in [1.54, 1.807) is 18.2 Å². The van der Waals surface area contributed by atoms with Crippen LogP contribution in [0.15, 0.2) is 115 Å². The van der Waals surface area contributed by atoms with Crippen LogP contribution in [-0.2, 0) is 20.3 Å². The summed E-state index contributed by atoms with van der Waals surface area (Å²) < 4.78 is 36.2. The van der Waals surface area contributed by atoms with Crippen LogP contribution >= 0.6 is 0 Å². The van der Waals surface area contributed by atoms with Crippen molar-refractivity contribution in [2.45, 2.75) is 23.6 Å². The summed E-state index contributed by atoms with van der Waals surface area (Å²) in [5.74, 6) is 0. The molecule has 0 unspecified atom stereocenters. The number of ether oxygens (including phenoxy) is 1. The Labute approximate surface area is 194 Å². The zero-order valence-corrected chi connectivity index (χ0v) is 19.2. The molecule has 4 aromatic carbocycles. The van der Waals surface area contributed by atoms with E-state index in [0.29, 0.717) is 0 Å². The average molecular weight is 456 g/mol. The third-order valence-electron chi connectivity index (χ3n) is 6.35. The van der Waals surface area contributed by atoms with Gasteiger partial charge in [0.15, 0.2) is 6.23 Å². The lowest BCUT2D eigenvalue weighted by molar-refractivity contribution is 0.0690. The molecular formula is C28H25NO3S. The van der Waals surface area contributed by atoms with Gasteiger partial charge in [-0.05, 0) is 35.4 Å². The van der Waals surface area contributed by atoms with Gasteiger partial charge in [-0.1, -0.05) is 96.6 Å². The van der Waals surface area contributed by atoms with Crippen LogP contribution in [-0.4, -0.2) is 19.3 Å². The number of sulfonamides is 1. The van der Waals surface area contributed by atoms with Crippen LogP contribution in [0.2, 0.25) is 0 Å². The molecule has 1 aliphatic rings. The molecule has 0 amide bonds. The molecule has 1 heterocycles. The summed E-state index contributed by atoms with van der Waals surface area (Å²) in [4.78, 5) is 0.228. The van der Waals surface area contributed by atoms with Crippen LogP contribution in [0, 0.1) is 6.92 Å². The summed E-state index contributed by atoms with van der Waals surface area (Å²) in [5.41, 5.74) is 1.57. The van der Waals surface area contributed by atoms with Gasteiger partial charge in [0.05, 0.1) is 11.5 Å². The Bertz CT molecular complexity index is 1410. The Morgan fingerprint density at radius 2 is 1.58 bits per heavy atom. The predicted octanol–water partition coefficient (Wildman–Crippen LogP) is 5.95. The average Bonchev–Trinajstić information content (AvgIpc) is 3.26. The first-order valence-corrected chi connectivity index (χ1v) is 12.3. The fourth-order valence-corrected chi connectivity index (χ4v) is 6.39. The van der Waals surface area contributed by atoms with Crippen molar-refractivity contribution < 1.29 is 13.2 Å². The molecule has 1 aliphatic heterocycles. The zero-order chi connectivity index (χ0) is 23.1. The summed E-state index contributed by atoms with van der Waals surface area (Å²) in [6.45, 7) is 6.17. The van der Waals surface area contributed by atoms with Gasteiger partial charge in [-0.3, -0.25) is 0 Å².